The molecule has 0 unspecified atom stereocenters. The van der Waals surface area contributed by atoms with Crippen LogP contribution in [-0.2, 0) is 0 Å². The van der Waals surface area contributed by atoms with E-state index in [1.54, 1.807) is 12.1 Å². The van der Waals surface area contributed by atoms with Crippen LogP contribution in [0, 0.1) is 0 Å². The van der Waals surface area contributed by atoms with Crippen LogP contribution in [0.15, 0.2) is 23.1 Å². The van der Waals surface area contributed by atoms with Gasteiger partial charge in [0.25, 0.3) is 0 Å². The average molecular weight is 189 g/mol. The van der Waals surface area contributed by atoms with Gasteiger partial charge in [0.2, 0.25) is 0 Å². The number of thiol groups is 1. The van der Waals surface area contributed by atoms with Crippen molar-refractivity contribution in [3.8, 4) is 0 Å². The minimum absolute atomic E-state index is 0.0826. The van der Waals surface area contributed by atoms with Crippen LogP contribution in [0.3, 0.4) is 0 Å². The molecule has 0 fully saturated rings. The molecule has 0 bridgehead atoms. The predicted octanol–water partition coefficient (Wildman–Crippen LogP) is 2.33. The minimum Gasteiger partial charge on any atom is -0.478 e. The van der Waals surface area contributed by atoms with Crippen molar-refractivity contribution in [2.24, 2.45) is 0 Å². The molecule has 0 radical (unpaired) electrons. The van der Waals surface area contributed by atoms with E-state index in [2.05, 4.69) is 12.6 Å². The predicted molar refractivity (Wildman–Crippen MR) is 45.7 cm³/mol. The van der Waals surface area contributed by atoms with Crippen molar-refractivity contribution >= 4 is 30.2 Å². The number of carboxylic acids is 1. The van der Waals surface area contributed by atoms with Crippen molar-refractivity contribution in [2.75, 3.05) is 0 Å². The van der Waals surface area contributed by atoms with Gasteiger partial charge in [-0.3, -0.25) is 0 Å². The molecule has 11 heavy (non-hydrogen) atoms. The fraction of sp³-hybridized carbons (Fsp3) is 0. The Bertz CT molecular complexity index is 298. The zero-order valence-corrected chi connectivity index (χ0v) is 7.06. The molecule has 0 aliphatic heterocycles. The fourth-order valence-corrected chi connectivity index (χ4v) is 1.10. The maximum atomic E-state index is 10.5. The normalized spacial score (nSPS) is 9.64. The molecule has 0 saturated carbocycles. The second-order valence-corrected chi connectivity index (χ2v) is 2.80. The number of aromatic carboxylic acids is 1. The van der Waals surface area contributed by atoms with E-state index < -0.39 is 5.97 Å². The molecule has 0 saturated heterocycles. The number of hydrogen-bond acceptors (Lipinski definition) is 2. The Morgan fingerprint density at radius 2 is 2.18 bits per heavy atom. The Morgan fingerprint density at radius 3 is 2.64 bits per heavy atom. The summed E-state index contributed by atoms with van der Waals surface area (Å²) in [5.74, 6) is -1.04. The summed E-state index contributed by atoms with van der Waals surface area (Å²) < 4.78 is 0. The van der Waals surface area contributed by atoms with E-state index in [0.717, 1.165) is 0 Å². The molecule has 0 spiro atoms. The van der Waals surface area contributed by atoms with Gasteiger partial charge in [0.15, 0.2) is 0 Å². The van der Waals surface area contributed by atoms with Gasteiger partial charge < -0.3 is 5.11 Å². The molecule has 0 aliphatic carbocycles. The summed E-state index contributed by atoms with van der Waals surface area (Å²) in [6.07, 6.45) is 0. The molecule has 1 aromatic carbocycles. The molecule has 4 heteroatoms. The molecule has 1 rings (SSSR count). The first kappa shape index (κ1) is 8.43. The van der Waals surface area contributed by atoms with Crippen molar-refractivity contribution in [3.63, 3.8) is 0 Å². The lowest BCUT2D eigenvalue weighted by Gasteiger charge is -1.99. The maximum absolute atomic E-state index is 10.5. The van der Waals surface area contributed by atoms with Gasteiger partial charge in [0.05, 0.1) is 10.6 Å². The van der Waals surface area contributed by atoms with E-state index in [4.69, 9.17) is 16.7 Å². The third-order valence-electron chi connectivity index (χ3n) is 1.21. The Kier molecular flexibility index (Phi) is 2.42. The Balaban J connectivity index is 3.27. The van der Waals surface area contributed by atoms with Gasteiger partial charge in [-0.05, 0) is 12.1 Å². The van der Waals surface area contributed by atoms with Gasteiger partial charge in [-0.25, -0.2) is 4.79 Å². The molecule has 1 aromatic rings. The van der Waals surface area contributed by atoms with Gasteiger partial charge >= 0.3 is 5.97 Å². The Labute approximate surface area is 74.2 Å². The number of carbonyl (C=O) groups is 1. The topological polar surface area (TPSA) is 37.3 Å². The fourth-order valence-electron chi connectivity index (χ4n) is 0.685. The quantitative estimate of drug-likeness (QED) is 0.664. The molecule has 0 amide bonds. The van der Waals surface area contributed by atoms with E-state index >= 15 is 0 Å². The molecule has 0 aliphatic rings. The van der Waals surface area contributed by atoms with Crippen LogP contribution >= 0.6 is 24.2 Å². The molecule has 0 atom stereocenters. The highest BCUT2D eigenvalue weighted by Gasteiger charge is 2.08. The van der Waals surface area contributed by atoms with Crippen molar-refractivity contribution in [1.29, 1.82) is 0 Å². The molecule has 1 N–H and O–H groups in total. The van der Waals surface area contributed by atoms with Crippen LogP contribution in [0.25, 0.3) is 0 Å². The second kappa shape index (κ2) is 3.15. The zero-order chi connectivity index (χ0) is 8.43. The number of hydrogen-bond donors (Lipinski definition) is 2. The van der Waals surface area contributed by atoms with Crippen LogP contribution in [0.2, 0.25) is 5.02 Å². The highest BCUT2D eigenvalue weighted by Crippen LogP contribution is 2.23. The van der Waals surface area contributed by atoms with E-state index in [0.29, 0.717) is 4.90 Å². The molecular formula is C7H5ClO2S. The molecule has 58 valence electrons. The lowest BCUT2D eigenvalue weighted by Crippen LogP contribution is -1.96. The van der Waals surface area contributed by atoms with Gasteiger partial charge in [-0.15, -0.1) is 12.6 Å². The largest absolute Gasteiger partial charge is 0.478 e. The number of halogens is 1. The van der Waals surface area contributed by atoms with Crippen LogP contribution in [0.5, 0.6) is 0 Å². The third-order valence-corrected chi connectivity index (χ3v) is 2.12. The highest BCUT2D eigenvalue weighted by atomic mass is 35.5. The van der Waals surface area contributed by atoms with E-state index in [-0.39, 0.29) is 10.6 Å². The SMILES string of the molecule is O=C(O)c1cccc(S)c1Cl. The van der Waals surface area contributed by atoms with Gasteiger partial charge in [0, 0.05) is 4.90 Å². The van der Waals surface area contributed by atoms with E-state index in [1.165, 1.54) is 6.07 Å². The van der Waals surface area contributed by atoms with Crippen LogP contribution in [0.4, 0.5) is 0 Å². The summed E-state index contributed by atoms with van der Waals surface area (Å²) in [6, 6.07) is 4.67. The zero-order valence-electron chi connectivity index (χ0n) is 5.41. The number of benzene rings is 1. The molecular weight excluding hydrogens is 184 g/mol. The summed E-state index contributed by atoms with van der Waals surface area (Å²) in [6.45, 7) is 0. The Hall–Kier alpha value is -0.670. The first-order chi connectivity index (χ1) is 5.13. The van der Waals surface area contributed by atoms with Crippen molar-refractivity contribution in [3.05, 3.63) is 28.8 Å². The monoisotopic (exact) mass is 188 g/mol. The Morgan fingerprint density at radius 1 is 1.55 bits per heavy atom. The van der Waals surface area contributed by atoms with E-state index in [9.17, 15) is 4.79 Å². The summed E-state index contributed by atoms with van der Waals surface area (Å²) >= 11 is 9.60. The first-order valence-electron chi connectivity index (χ1n) is 2.83. The number of rotatable bonds is 1. The van der Waals surface area contributed by atoms with Crippen LogP contribution in [-0.4, -0.2) is 11.1 Å². The smallest absolute Gasteiger partial charge is 0.337 e. The summed E-state index contributed by atoms with van der Waals surface area (Å²) in [7, 11) is 0. The lowest BCUT2D eigenvalue weighted by molar-refractivity contribution is 0.0697. The molecule has 2 nitrogen and oxygen atoms in total. The lowest BCUT2D eigenvalue weighted by atomic mass is 10.2. The van der Waals surface area contributed by atoms with Crippen LogP contribution < -0.4 is 0 Å². The first-order valence-corrected chi connectivity index (χ1v) is 3.66. The summed E-state index contributed by atoms with van der Waals surface area (Å²) in [4.78, 5) is 10.9. The van der Waals surface area contributed by atoms with E-state index in [1.807, 2.05) is 0 Å². The highest BCUT2D eigenvalue weighted by molar-refractivity contribution is 7.80. The standard InChI is InChI=1S/C7H5ClO2S/c8-6-4(7(9)10)2-1-3-5(6)11/h1-3,11H,(H,9,10). The van der Waals surface area contributed by atoms with Gasteiger partial charge in [-0.2, -0.15) is 0 Å². The van der Waals surface area contributed by atoms with Crippen molar-refractivity contribution in [1.82, 2.24) is 0 Å². The van der Waals surface area contributed by atoms with Gasteiger partial charge in [0.1, 0.15) is 0 Å². The van der Waals surface area contributed by atoms with Crippen LogP contribution in [0.1, 0.15) is 10.4 Å². The summed E-state index contributed by atoms with van der Waals surface area (Å²) in [5.41, 5.74) is 0.0826. The van der Waals surface area contributed by atoms with Crippen molar-refractivity contribution in [2.45, 2.75) is 4.90 Å². The number of carboxylic acid groups (broad SMARTS) is 1. The summed E-state index contributed by atoms with van der Waals surface area (Å²) in [5, 5.41) is 8.76. The maximum Gasteiger partial charge on any atom is 0.337 e. The van der Waals surface area contributed by atoms with Gasteiger partial charge in [-0.1, -0.05) is 17.7 Å². The molecule has 0 heterocycles. The average Bonchev–Trinajstić information content (AvgIpc) is 1.94. The van der Waals surface area contributed by atoms with Crippen molar-refractivity contribution < 1.29 is 9.90 Å². The molecule has 0 aromatic heterocycles. The minimum atomic E-state index is -1.04. The second-order valence-electron chi connectivity index (χ2n) is 1.94. The third kappa shape index (κ3) is 1.67.